The maximum atomic E-state index is 12.6. The Balaban J connectivity index is 1.60. The Morgan fingerprint density at radius 3 is 2.43 bits per heavy atom. The molecule has 0 aliphatic carbocycles. The summed E-state index contributed by atoms with van der Waals surface area (Å²) in [5.41, 5.74) is 0. The Labute approximate surface area is 137 Å². The monoisotopic (exact) mass is 338 g/mol. The lowest BCUT2D eigenvalue weighted by atomic mass is 10.1. The molecule has 2 aliphatic heterocycles. The number of nitrogens with one attached hydrogen (secondary N) is 1. The standard InChI is InChI=1S/C16H23N3O3S/c20-16(13-17-9-5-2-6-10-17)18-11-12-19(14-18)23(21,22)15-7-3-1-4-8-15/h1,3-4,7-8H,2,5-6,9-14H2/p+1. The van der Waals surface area contributed by atoms with Gasteiger partial charge in [-0.15, -0.1) is 0 Å². The average Bonchev–Trinajstić information content (AvgIpc) is 3.07. The quantitative estimate of drug-likeness (QED) is 0.809. The Kier molecular flexibility index (Phi) is 4.99. The van der Waals surface area contributed by atoms with Crippen molar-refractivity contribution in [2.75, 3.05) is 39.4 Å². The number of hydrogen-bond acceptors (Lipinski definition) is 3. The van der Waals surface area contributed by atoms with E-state index in [1.165, 1.54) is 28.5 Å². The molecule has 2 aliphatic rings. The third-order valence-corrected chi connectivity index (χ3v) is 6.49. The van der Waals surface area contributed by atoms with Crippen LogP contribution in [0.15, 0.2) is 35.2 Å². The number of hydrogen-bond donors (Lipinski definition) is 1. The highest BCUT2D eigenvalue weighted by Gasteiger charge is 2.34. The number of quaternary nitrogens is 1. The molecule has 0 aromatic heterocycles. The number of sulfonamides is 1. The number of piperidine rings is 1. The number of rotatable bonds is 4. The third-order valence-electron chi connectivity index (χ3n) is 4.64. The molecule has 0 saturated carbocycles. The van der Waals surface area contributed by atoms with Crippen molar-refractivity contribution in [3.63, 3.8) is 0 Å². The number of carbonyl (C=O) groups is 1. The number of likely N-dealkylation sites (tertiary alicyclic amines) is 1. The van der Waals surface area contributed by atoms with Crippen LogP contribution in [0, 0.1) is 0 Å². The van der Waals surface area contributed by atoms with Crippen LogP contribution >= 0.6 is 0 Å². The van der Waals surface area contributed by atoms with Gasteiger partial charge >= 0.3 is 0 Å². The van der Waals surface area contributed by atoms with E-state index in [2.05, 4.69) is 0 Å². The van der Waals surface area contributed by atoms with E-state index in [1.807, 2.05) is 0 Å². The summed E-state index contributed by atoms with van der Waals surface area (Å²) >= 11 is 0. The minimum Gasteiger partial charge on any atom is -0.327 e. The Bertz CT molecular complexity index is 642. The first-order valence-corrected chi connectivity index (χ1v) is 9.68. The van der Waals surface area contributed by atoms with Crippen molar-refractivity contribution in [2.24, 2.45) is 0 Å². The van der Waals surface area contributed by atoms with Gasteiger partial charge in [0.2, 0.25) is 10.0 Å². The van der Waals surface area contributed by atoms with Gasteiger partial charge in [0.1, 0.15) is 0 Å². The molecule has 1 aromatic carbocycles. The van der Waals surface area contributed by atoms with Crippen LogP contribution in [0.2, 0.25) is 0 Å². The summed E-state index contributed by atoms with van der Waals surface area (Å²) in [5, 5.41) is 0. The summed E-state index contributed by atoms with van der Waals surface area (Å²) in [6.07, 6.45) is 3.61. The molecule has 1 aromatic rings. The van der Waals surface area contributed by atoms with Crippen LogP contribution in [0.25, 0.3) is 0 Å². The molecule has 3 rings (SSSR count). The molecule has 0 radical (unpaired) electrons. The topological polar surface area (TPSA) is 62.1 Å². The highest BCUT2D eigenvalue weighted by Crippen LogP contribution is 2.18. The second kappa shape index (κ2) is 6.98. The summed E-state index contributed by atoms with van der Waals surface area (Å²) in [6, 6.07) is 8.41. The predicted molar refractivity (Wildman–Crippen MR) is 86.3 cm³/mol. The first kappa shape index (κ1) is 16.4. The van der Waals surface area contributed by atoms with Crippen molar-refractivity contribution < 1.29 is 18.1 Å². The van der Waals surface area contributed by atoms with Crippen LogP contribution in [0.5, 0.6) is 0 Å². The number of amides is 1. The van der Waals surface area contributed by atoms with Crippen molar-refractivity contribution in [3.05, 3.63) is 30.3 Å². The minimum absolute atomic E-state index is 0.0626. The van der Waals surface area contributed by atoms with Crippen LogP contribution in [0.3, 0.4) is 0 Å². The zero-order valence-electron chi connectivity index (χ0n) is 13.3. The predicted octanol–water partition coefficient (Wildman–Crippen LogP) is -0.454. The molecule has 2 fully saturated rings. The number of nitrogens with zero attached hydrogens (tertiary/aromatic N) is 2. The molecule has 6 nitrogen and oxygen atoms in total. The highest BCUT2D eigenvalue weighted by atomic mass is 32.2. The van der Waals surface area contributed by atoms with E-state index in [4.69, 9.17) is 0 Å². The van der Waals surface area contributed by atoms with Crippen LogP contribution in [0.4, 0.5) is 0 Å². The second-order valence-electron chi connectivity index (χ2n) is 6.28. The molecule has 2 heterocycles. The van der Waals surface area contributed by atoms with Crippen LogP contribution < -0.4 is 4.90 Å². The van der Waals surface area contributed by atoms with Crippen molar-refractivity contribution in [1.29, 1.82) is 0 Å². The van der Waals surface area contributed by atoms with Crippen LogP contribution in [0.1, 0.15) is 19.3 Å². The fraction of sp³-hybridized carbons (Fsp3) is 0.562. The zero-order valence-corrected chi connectivity index (χ0v) is 14.1. The van der Waals surface area contributed by atoms with Gasteiger partial charge in [-0.25, -0.2) is 8.42 Å². The lowest BCUT2D eigenvalue weighted by Gasteiger charge is -2.25. The van der Waals surface area contributed by atoms with Gasteiger partial charge in [0.25, 0.3) is 5.91 Å². The van der Waals surface area contributed by atoms with E-state index in [0.29, 0.717) is 19.6 Å². The largest absolute Gasteiger partial charge is 0.327 e. The lowest BCUT2D eigenvalue weighted by molar-refractivity contribution is -0.897. The molecule has 1 amide bonds. The Morgan fingerprint density at radius 2 is 1.74 bits per heavy atom. The fourth-order valence-electron chi connectivity index (χ4n) is 3.26. The van der Waals surface area contributed by atoms with Crippen molar-refractivity contribution in [3.8, 4) is 0 Å². The molecule has 0 spiro atoms. The van der Waals surface area contributed by atoms with E-state index in [0.717, 1.165) is 13.1 Å². The number of benzene rings is 1. The van der Waals surface area contributed by atoms with Crippen LogP contribution in [-0.2, 0) is 14.8 Å². The molecule has 0 bridgehead atoms. The minimum atomic E-state index is -3.51. The summed E-state index contributed by atoms with van der Waals surface area (Å²) in [4.78, 5) is 15.7. The molecule has 1 N–H and O–H groups in total. The van der Waals surface area contributed by atoms with Crippen molar-refractivity contribution >= 4 is 15.9 Å². The van der Waals surface area contributed by atoms with Gasteiger partial charge in [-0.1, -0.05) is 18.2 Å². The normalized spacial score (nSPS) is 20.8. The van der Waals surface area contributed by atoms with Gasteiger partial charge in [0, 0.05) is 13.1 Å². The smallest absolute Gasteiger partial charge is 0.278 e. The van der Waals surface area contributed by atoms with E-state index >= 15 is 0 Å². The van der Waals surface area contributed by atoms with E-state index in [1.54, 1.807) is 35.2 Å². The highest BCUT2D eigenvalue weighted by molar-refractivity contribution is 7.89. The third kappa shape index (κ3) is 3.73. The van der Waals surface area contributed by atoms with Crippen molar-refractivity contribution in [1.82, 2.24) is 9.21 Å². The van der Waals surface area contributed by atoms with E-state index in [-0.39, 0.29) is 17.5 Å². The van der Waals surface area contributed by atoms with E-state index in [9.17, 15) is 13.2 Å². The molecule has 0 atom stereocenters. The van der Waals surface area contributed by atoms with Crippen LogP contribution in [-0.4, -0.2) is 62.9 Å². The Morgan fingerprint density at radius 1 is 1.04 bits per heavy atom. The molecule has 126 valence electrons. The van der Waals surface area contributed by atoms with Gasteiger partial charge in [-0.05, 0) is 31.4 Å². The first-order valence-electron chi connectivity index (χ1n) is 8.24. The van der Waals surface area contributed by atoms with E-state index < -0.39 is 10.0 Å². The lowest BCUT2D eigenvalue weighted by Crippen LogP contribution is -3.13. The maximum absolute atomic E-state index is 12.6. The second-order valence-corrected chi connectivity index (χ2v) is 8.22. The molecular formula is C16H24N3O3S+. The average molecular weight is 338 g/mol. The summed E-state index contributed by atoms with van der Waals surface area (Å²) in [5.74, 6) is 0.0626. The summed E-state index contributed by atoms with van der Waals surface area (Å²) in [6.45, 7) is 3.61. The van der Waals surface area contributed by atoms with Gasteiger partial charge in [0.05, 0.1) is 24.7 Å². The van der Waals surface area contributed by atoms with Gasteiger partial charge < -0.3 is 9.80 Å². The molecule has 23 heavy (non-hydrogen) atoms. The zero-order chi connectivity index (χ0) is 16.3. The molecular weight excluding hydrogens is 314 g/mol. The number of carbonyl (C=O) groups excluding carboxylic acids is 1. The van der Waals surface area contributed by atoms with Gasteiger partial charge in [-0.3, -0.25) is 4.79 Å². The first-order chi connectivity index (χ1) is 11.1. The summed E-state index contributed by atoms with van der Waals surface area (Å²) in [7, 11) is -3.51. The summed E-state index contributed by atoms with van der Waals surface area (Å²) < 4.78 is 26.5. The molecule has 7 heteroatoms. The van der Waals surface area contributed by atoms with Gasteiger partial charge in [-0.2, -0.15) is 4.31 Å². The maximum Gasteiger partial charge on any atom is 0.278 e. The molecule has 0 unspecified atom stereocenters. The molecule has 2 saturated heterocycles. The van der Waals surface area contributed by atoms with Crippen molar-refractivity contribution in [2.45, 2.75) is 24.2 Å². The Hall–Kier alpha value is -1.44. The fourth-order valence-corrected chi connectivity index (χ4v) is 4.67. The SMILES string of the molecule is O=C(C[NH+]1CCCCC1)N1CCN(S(=O)(=O)c2ccccc2)C1. The van der Waals surface area contributed by atoms with Gasteiger partial charge in [0.15, 0.2) is 6.54 Å².